The van der Waals surface area contributed by atoms with E-state index in [9.17, 15) is 4.79 Å². The highest BCUT2D eigenvalue weighted by molar-refractivity contribution is 5.66. The molecule has 0 saturated carbocycles. The van der Waals surface area contributed by atoms with Gasteiger partial charge in [0.2, 0.25) is 0 Å². The third kappa shape index (κ3) is 15.2. The first-order chi connectivity index (χ1) is 8.63. The molecule has 0 aliphatic carbocycles. The maximum atomic E-state index is 10.3. The van der Waals surface area contributed by atoms with Gasteiger partial charge in [-0.15, -0.1) is 0 Å². The number of unbranched alkanes of at least 4 members (excludes halogenated alkanes) is 6. The SMILES string of the molecule is CC(C)CCCCCCCC=CCCCC(=O)O. The van der Waals surface area contributed by atoms with Crippen LogP contribution >= 0.6 is 0 Å². The number of hydrogen-bond acceptors (Lipinski definition) is 1. The minimum Gasteiger partial charge on any atom is -0.481 e. The van der Waals surface area contributed by atoms with Crippen molar-refractivity contribution >= 4 is 5.97 Å². The summed E-state index contributed by atoms with van der Waals surface area (Å²) in [4.78, 5) is 10.3. The van der Waals surface area contributed by atoms with Crippen LogP contribution in [-0.4, -0.2) is 11.1 Å². The van der Waals surface area contributed by atoms with Crippen LogP contribution in [0.4, 0.5) is 0 Å². The quantitative estimate of drug-likeness (QED) is 0.384. The molecule has 0 aliphatic heterocycles. The Morgan fingerprint density at radius 1 is 0.944 bits per heavy atom. The number of rotatable bonds is 12. The van der Waals surface area contributed by atoms with Crippen molar-refractivity contribution in [3.05, 3.63) is 12.2 Å². The standard InChI is InChI=1S/C16H30O2/c1-15(2)13-11-9-7-5-3-4-6-8-10-12-14-16(17)18/h6,8,15H,3-5,7,9-14H2,1-2H3,(H,17,18). The van der Waals surface area contributed by atoms with Gasteiger partial charge < -0.3 is 5.11 Å². The lowest BCUT2D eigenvalue weighted by atomic mass is 10.0. The van der Waals surface area contributed by atoms with Gasteiger partial charge in [-0.1, -0.05) is 58.1 Å². The highest BCUT2D eigenvalue weighted by Crippen LogP contribution is 2.11. The minimum atomic E-state index is -0.690. The number of carboxylic acids is 1. The Balaban J connectivity index is 3.10. The number of aliphatic carboxylic acids is 1. The summed E-state index contributed by atoms with van der Waals surface area (Å²) in [5.41, 5.74) is 0. The Bertz CT molecular complexity index is 219. The van der Waals surface area contributed by atoms with E-state index in [0.717, 1.165) is 25.2 Å². The molecule has 2 heteroatoms. The van der Waals surface area contributed by atoms with Crippen molar-refractivity contribution in [3.8, 4) is 0 Å². The summed E-state index contributed by atoms with van der Waals surface area (Å²) in [6.07, 6.45) is 15.5. The van der Waals surface area contributed by atoms with E-state index in [1.807, 2.05) is 0 Å². The van der Waals surface area contributed by atoms with Crippen molar-refractivity contribution in [3.63, 3.8) is 0 Å². The maximum absolute atomic E-state index is 10.3. The van der Waals surface area contributed by atoms with E-state index in [2.05, 4.69) is 26.0 Å². The number of hydrogen-bond donors (Lipinski definition) is 1. The first kappa shape index (κ1) is 17.2. The molecule has 1 N–H and O–H groups in total. The maximum Gasteiger partial charge on any atom is 0.303 e. The van der Waals surface area contributed by atoms with E-state index < -0.39 is 5.97 Å². The normalized spacial score (nSPS) is 11.5. The van der Waals surface area contributed by atoms with Gasteiger partial charge in [-0.2, -0.15) is 0 Å². The predicted molar refractivity (Wildman–Crippen MR) is 77.8 cm³/mol. The van der Waals surface area contributed by atoms with E-state index >= 15 is 0 Å². The zero-order chi connectivity index (χ0) is 13.6. The highest BCUT2D eigenvalue weighted by atomic mass is 16.4. The molecule has 2 nitrogen and oxygen atoms in total. The fourth-order valence-electron chi connectivity index (χ4n) is 1.95. The Morgan fingerprint density at radius 2 is 1.50 bits per heavy atom. The molecule has 18 heavy (non-hydrogen) atoms. The molecule has 0 spiro atoms. The highest BCUT2D eigenvalue weighted by Gasteiger charge is 1.94. The van der Waals surface area contributed by atoms with Gasteiger partial charge in [0.25, 0.3) is 0 Å². The molecule has 0 saturated heterocycles. The van der Waals surface area contributed by atoms with Gasteiger partial charge in [-0.25, -0.2) is 0 Å². The van der Waals surface area contributed by atoms with Crippen molar-refractivity contribution in [2.24, 2.45) is 5.92 Å². The van der Waals surface area contributed by atoms with Crippen LogP contribution in [-0.2, 0) is 4.79 Å². The Labute approximate surface area is 112 Å². The van der Waals surface area contributed by atoms with E-state index in [1.54, 1.807) is 0 Å². The predicted octanol–water partition coefficient (Wildman–Crippen LogP) is 5.18. The van der Waals surface area contributed by atoms with Crippen LogP contribution in [0.1, 0.15) is 78.1 Å². The molecule has 0 aromatic carbocycles. The summed E-state index contributed by atoms with van der Waals surface area (Å²) >= 11 is 0. The van der Waals surface area contributed by atoms with Crippen LogP contribution in [0.2, 0.25) is 0 Å². The van der Waals surface area contributed by atoms with Crippen LogP contribution in [0, 0.1) is 5.92 Å². The summed E-state index contributed by atoms with van der Waals surface area (Å²) in [5.74, 6) is 0.156. The first-order valence-electron chi connectivity index (χ1n) is 7.49. The minimum absolute atomic E-state index is 0.292. The number of carbonyl (C=O) groups is 1. The van der Waals surface area contributed by atoms with Crippen LogP contribution in [0.5, 0.6) is 0 Å². The Kier molecular flexibility index (Phi) is 12.1. The zero-order valence-corrected chi connectivity index (χ0v) is 12.2. The lowest BCUT2D eigenvalue weighted by Crippen LogP contribution is -1.92. The number of allylic oxidation sites excluding steroid dienone is 2. The smallest absolute Gasteiger partial charge is 0.303 e. The molecule has 0 amide bonds. The van der Waals surface area contributed by atoms with Crippen molar-refractivity contribution < 1.29 is 9.90 Å². The molecule has 0 aliphatic rings. The van der Waals surface area contributed by atoms with Crippen LogP contribution in [0.15, 0.2) is 12.2 Å². The van der Waals surface area contributed by atoms with Gasteiger partial charge in [-0.3, -0.25) is 4.79 Å². The third-order valence-corrected chi connectivity index (χ3v) is 3.08. The largest absolute Gasteiger partial charge is 0.481 e. The molecule has 0 unspecified atom stereocenters. The molecule has 0 heterocycles. The van der Waals surface area contributed by atoms with Crippen LogP contribution in [0.3, 0.4) is 0 Å². The lowest BCUT2D eigenvalue weighted by molar-refractivity contribution is -0.137. The van der Waals surface area contributed by atoms with E-state index in [0.29, 0.717) is 6.42 Å². The molecular formula is C16H30O2. The molecule has 0 rings (SSSR count). The van der Waals surface area contributed by atoms with Gasteiger partial charge in [0.1, 0.15) is 0 Å². The van der Waals surface area contributed by atoms with Gasteiger partial charge in [-0.05, 0) is 31.6 Å². The van der Waals surface area contributed by atoms with E-state index in [1.165, 1.54) is 38.5 Å². The van der Waals surface area contributed by atoms with Gasteiger partial charge in [0.15, 0.2) is 0 Å². The summed E-state index contributed by atoms with van der Waals surface area (Å²) in [5, 5.41) is 8.47. The number of carboxylic acid groups (broad SMARTS) is 1. The molecular weight excluding hydrogens is 224 g/mol. The average Bonchev–Trinajstić information content (AvgIpc) is 2.29. The third-order valence-electron chi connectivity index (χ3n) is 3.08. The van der Waals surface area contributed by atoms with E-state index in [-0.39, 0.29) is 0 Å². The molecule has 0 aromatic rings. The van der Waals surface area contributed by atoms with Gasteiger partial charge in [0.05, 0.1) is 0 Å². The van der Waals surface area contributed by atoms with Gasteiger partial charge >= 0.3 is 5.97 Å². The van der Waals surface area contributed by atoms with Gasteiger partial charge in [0, 0.05) is 6.42 Å². The lowest BCUT2D eigenvalue weighted by Gasteiger charge is -2.03. The Morgan fingerprint density at radius 3 is 2.11 bits per heavy atom. The summed E-state index contributed by atoms with van der Waals surface area (Å²) in [6.45, 7) is 4.57. The average molecular weight is 254 g/mol. The van der Waals surface area contributed by atoms with Crippen LogP contribution < -0.4 is 0 Å². The van der Waals surface area contributed by atoms with Crippen molar-refractivity contribution in [2.75, 3.05) is 0 Å². The fourth-order valence-corrected chi connectivity index (χ4v) is 1.95. The summed E-state index contributed by atoms with van der Waals surface area (Å²) < 4.78 is 0. The second-order valence-electron chi connectivity index (χ2n) is 5.50. The summed E-state index contributed by atoms with van der Waals surface area (Å²) in [7, 11) is 0. The molecule has 0 radical (unpaired) electrons. The van der Waals surface area contributed by atoms with Crippen molar-refractivity contribution in [1.82, 2.24) is 0 Å². The van der Waals surface area contributed by atoms with Crippen LogP contribution in [0.25, 0.3) is 0 Å². The molecule has 0 fully saturated rings. The molecule has 106 valence electrons. The Hall–Kier alpha value is -0.790. The molecule has 0 bridgehead atoms. The molecule has 0 atom stereocenters. The second kappa shape index (κ2) is 12.7. The van der Waals surface area contributed by atoms with Crippen molar-refractivity contribution in [2.45, 2.75) is 78.1 Å². The summed E-state index contributed by atoms with van der Waals surface area (Å²) in [6, 6.07) is 0. The molecule has 0 aromatic heterocycles. The monoisotopic (exact) mass is 254 g/mol. The van der Waals surface area contributed by atoms with Crippen molar-refractivity contribution in [1.29, 1.82) is 0 Å². The first-order valence-corrected chi connectivity index (χ1v) is 7.49. The zero-order valence-electron chi connectivity index (χ0n) is 12.2. The second-order valence-corrected chi connectivity index (χ2v) is 5.50. The fraction of sp³-hybridized carbons (Fsp3) is 0.812. The topological polar surface area (TPSA) is 37.3 Å². The van der Waals surface area contributed by atoms with E-state index in [4.69, 9.17) is 5.11 Å².